The molecule has 1 aromatic rings. The molecule has 0 aliphatic carbocycles. The maximum atomic E-state index is 13.7. The van der Waals surface area contributed by atoms with Crippen LogP contribution in [0.2, 0.25) is 0 Å². The Kier molecular flexibility index (Phi) is 5.18. The van der Waals surface area contributed by atoms with Crippen LogP contribution in [0.4, 0.5) is 8.78 Å². The topological polar surface area (TPSA) is 72.8 Å². The van der Waals surface area contributed by atoms with Gasteiger partial charge in [0, 0.05) is 42.8 Å². The molecule has 0 bridgehead atoms. The van der Waals surface area contributed by atoms with Gasteiger partial charge >= 0.3 is 13.3 Å². The molecule has 1 fully saturated rings. The third-order valence-electron chi connectivity index (χ3n) is 3.34. The molecule has 0 spiro atoms. The van der Waals surface area contributed by atoms with Gasteiger partial charge in [0.1, 0.15) is 0 Å². The van der Waals surface area contributed by atoms with Gasteiger partial charge in [-0.2, -0.15) is 8.78 Å². The van der Waals surface area contributed by atoms with Gasteiger partial charge in [0.05, 0.1) is 0 Å². The van der Waals surface area contributed by atoms with E-state index in [2.05, 4.69) is 26.1 Å². The first-order valence-electron chi connectivity index (χ1n) is 6.37. The van der Waals surface area contributed by atoms with Crippen LogP contribution in [0.15, 0.2) is 22.7 Å². The van der Waals surface area contributed by atoms with Crippen LogP contribution in [0.5, 0.6) is 0 Å². The lowest BCUT2D eigenvalue weighted by atomic mass is 10.1. The van der Waals surface area contributed by atoms with E-state index in [1.807, 2.05) is 0 Å². The van der Waals surface area contributed by atoms with Gasteiger partial charge in [-0.1, -0.05) is 28.1 Å². The van der Waals surface area contributed by atoms with Crippen LogP contribution < -0.4 is 5.32 Å². The van der Waals surface area contributed by atoms with Crippen molar-refractivity contribution in [3.8, 4) is 0 Å². The first-order chi connectivity index (χ1) is 9.72. The minimum Gasteiger partial charge on any atom is -0.320 e. The van der Waals surface area contributed by atoms with Gasteiger partial charge in [-0.25, -0.2) is 0 Å². The zero-order valence-electron chi connectivity index (χ0n) is 11.1. The fourth-order valence-electron chi connectivity index (χ4n) is 2.19. The molecule has 1 saturated heterocycles. The van der Waals surface area contributed by atoms with Crippen molar-refractivity contribution in [2.75, 3.05) is 26.2 Å². The van der Waals surface area contributed by atoms with Crippen LogP contribution in [0.25, 0.3) is 0 Å². The molecule has 1 aliphatic rings. The average molecular weight is 385 g/mol. The second-order valence-corrected chi connectivity index (χ2v) is 7.43. The molecule has 0 radical (unpaired) electrons. The van der Waals surface area contributed by atoms with E-state index >= 15 is 0 Å². The molecule has 1 aromatic carbocycles. The van der Waals surface area contributed by atoms with E-state index in [4.69, 9.17) is 9.79 Å². The number of benzene rings is 1. The Hall–Kier alpha value is -0.370. The van der Waals surface area contributed by atoms with Crippen molar-refractivity contribution in [1.29, 1.82) is 0 Å². The zero-order valence-corrected chi connectivity index (χ0v) is 13.6. The van der Waals surface area contributed by atoms with Crippen molar-refractivity contribution < 1.29 is 23.1 Å². The number of rotatable bonds is 4. The molecular weight excluding hydrogens is 369 g/mol. The maximum Gasteiger partial charge on any atom is 0.399 e. The molecule has 5 nitrogen and oxygen atoms in total. The van der Waals surface area contributed by atoms with Crippen LogP contribution in [0.3, 0.4) is 0 Å². The van der Waals surface area contributed by atoms with Gasteiger partial charge < -0.3 is 15.1 Å². The summed E-state index contributed by atoms with van der Waals surface area (Å²) in [4.78, 5) is 19.7. The number of nitrogens with one attached hydrogen (secondary N) is 1. The monoisotopic (exact) mass is 384 g/mol. The van der Waals surface area contributed by atoms with Crippen molar-refractivity contribution in [3.63, 3.8) is 0 Å². The molecule has 9 heteroatoms. The number of piperazine rings is 1. The Morgan fingerprint density at radius 2 is 1.95 bits per heavy atom. The summed E-state index contributed by atoms with van der Waals surface area (Å²) in [6.07, 6.45) is 0. The number of hydrogen-bond donors (Lipinski definition) is 3. The Balaban J connectivity index is 2.19. The lowest BCUT2D eigenvalue weighted by Crippen LogP contribution is -2.42. The Labute approximate surface area is 129 Å². The highest BCUT2D eigenvalue weighted by atomic mass is 79.9. The summed E-state index contributed by atoms with van der Waals surface area (Å²) in [5.74, 6) is 0. The first kappa shape index (κ1) is 17.0. The summed E-state index contributed by atoms with van der Waals surface area (Å²) in [6, 6.07) is 4.04. The van der Waals surface area contributed by atoms with Crippen molar-refractivity contribution in [1.82, 2.24) is 10.2 Å². The number of hydrogen-bond acceptors (Lipinski definition) is 3. The normalized spacial score (nSPS) is 18.0. The quantitative estimate of drug-likeness (QED) is 0.693. The molecule has 1 heterocycles. The van der Waals surface area contributed by atoms with Crippen molar-refractivity contribution in [2.24, 2.45) is 0 Å². The van der Waals surface area contributed by atoms with Gasteiger partial charge in [-0.15, -0.1) is 0 Å². The van der Waals surface area contributed by atoms with Gasteiger partial charge in [-0.05, 0) is 11.6 Å². The maximum absolute atomic E-state index is 13.7. The molecule has 2 rings (SSSR count). The molecule has 3 N–H and O–H groups in total. The molecule has 0 unspecified atom stereocenters. The highest BCUT2D eigenvalue weighted by molar-refractivity contribution is 9.10. The van der Waals surface area contributed by atoms with E-state index in [9.17, 15) is 13.3 Å². The van der Waals surface area contributed by atoms with E-state index in [1.165, 1.54) is 12.1 Å². The zero-order chi connectivity index (χ0) is 15.7. The minimum atomic E-state index is -5.55. The van der Waals surface area contributed by atoms with E-state index in [0.717, 1.165) is 37.8 Å². The third kappa shape index (κ3) is 3.88. The van der Waals surface area contributed by atoms with E-state index in [1.54, 1.807) is 0 Å². The largest absolute Gasteiger partial charge is 0.399 e. The molecule has 1 aliphatic heterocycles. The molecule has 21 heavy (non-hydrogen) atoms. The summed E-state index contributed by atoms with van der Waals surface area (Å²) < 4.78 is 38.3. The second kappa shape index (κ2) is 6.40. The molecule has 0 saturated carbocycles. The Bertz CT molecular complexity index is 561. The summed E-state index contributed by atoms with van der Waals surface area (Å²) >= 11 is 2.99. The number of nitrogens with zero attached hydrogens (tertiary/aromatic N) is 1. The first-order valence-corrected chi connectivity index (χ1v) is 8.78. The van der Waals surface area contributed by atoms with E-state index in [0.29, 0.717) is 6.54 Å². The summed E-state index contributed by atoms with van der Waals surface area (Å²) in [5.41, 5.74) is -4.08. The third-order valence-corrected chi connectivity index (χ3v) is 4.97. The summed E-state index contributed by atoms with van der Waals surface area (Å²) in [6.45, 7) is 4.13. The molecule has 0 atom stereocenters. The molecule has 0 aromatic heterocycles. The lowest BCUT2D eigenvalue weighted by Gasteiger charge is -2.27. The second-order valence-electron chi connectivity index (χ2n) is 4.93. The van der Waals surface area contributed by atoms with Crippen LogP contribution in [0, 0.1) is 0 Å². The number of halogens is 3. The van der Waals surface area contributed by atoms with Crippen molar-refractivity contribution >= 4 is 23.5 Å². The molecule has 0 amide bonds. The average Bonchev–Trinajstić information content (AvgIpc) is 2.38. The minimum absolute atomic E-state index is 0.00320. The van der Waals surface area contributed by atoms with Crippen molar-refractivity contribution in [3.05, 3.63) is 33.8 Å². The predicted octanol–water partition coefficient (Wildman–Crippen LogP) is 2.08. The fraction of sp³-hybridized carbons (Fsp3) is 0.500. The van der Waals surface area contributed by atoms with E-state index in [-0.39, 0.29) is 4.47 Å². The standard InChI is InChI=1S/C12H16BrF2N2O3P/c13-11-7-9(8-17-5-3-16-4-6-17)1-2-10(11)12(14,15)21(18,19)20/h1-2,7,16H,3-6,8H2,(H2,18,19,20). The lowest BCUT2D eigenvalue weighted by molar-refractivity contribution is 0.0557. The van der Waals surface area contributed by atoms with Gasteiger partial charge in [0.15, 0.2) is 0 Å². The SMILES string of the molecule is O=P(O)(O)C(F)(F)c1ccc(CN2CCNCC2)cc1Br. The Morgan fingerprint density at radius 1 is 1.33 bits per heavy atom. The van der Waals surface area contributed by atoms with Crippen molar-refractivity contribution in [2.45, 2.75) is 12.2 Å². The summed E-state index contributed by atoms with van der Waals surface area (Å²) in [5, 5.41) is 3.22. The fourth-order valence-corrected chi connectivity index (χ4v) is 3.52. The Morgan fingerprint density at radius 3 is 2.48 bits per heavy atom. The highest BCUT2D eigenvalue weighted by Gasteiger charge is 2.51. The predicted molar refractivity (Wildman–Crippen MR) is 78.2 cm³/mol. The number of alkyl halides is 2. The highest BCUT2D eigenvalue weighted by Crippen LogP contribution is 2.60. The van der Waals surface area contributed by atoms with Crippen LogP contribution >= 0.6 is 23.5 Å². The van der Waals surface area contributed by atoms with Gasteiger partial charge in [0.25, 0.3) is 0 Å². The molecular formula is C12H16BrF2N2O3P. The van der Waals surface area contributed by atoms with Gasteiger partial charge in [0.2, 0.25) is 0 Å². The van der Waals surface area contributed by atoms with Crippen LogP contribution in [-0.4, -0.2) is 40.9 Å². The van der Waals surface area contributed by atoms with Crippen LogP contribution in [-0.2, 0) is 16.8 Å². The summed E-state index contributed by atoms with van der Waals surface area (Å²) in [7, 11) is -5.55. The smallest absolute Gasteiger partial charge is 0.320 e. The van der Waals surface area contributed by atoms with Crippen LogP contribution in [0.1, 0.15) is 11.1 Å². The molecule has 118 valence electrons. The van der Waals surface area contributed by atoms with E-state index < -0.39 is 18.8 Å². The van der Waals surface area contributed by atoms with Gasteiger partial charge in [-0.3, -0.25) is 9.46 Å².